The Kier molecular flexibility index (Phi) is 3.86. The van der Waals surface area contributed by atoms with Crippen molar-refractivity contribution in [2.24, 2.45) is 13.0 Å². The Morgan fingerprint density at radius 2 is 2.04 bits per heavy atom. The van der Waals surface area contributed by atoms with E-state index < -0.39 is 0 Å². The van der Waals surface area contributed by atoms with E-state index in [1.807, 2.05) is 37.4 Å². The predicted octanol–water partition coefficient (Wildman–Crippen LogP) is 0.485. The molecule has 2 aromatic rings. The van der Waals surface area contributed by atoms with E-state index in [2.05, 4.69) is 10.2 Å². The van der Waals surface area contributed by atoms with Gasteiger partial charge in [-0.15, -0.1) is 0 Å². The number of amides is 1. The molecule has 126 valence electrons. The first-order valence-electron chi connectivity index (χ1n) is 8.30. The van der Waals surface area contributed by atoms with E-state index in [0.29, 0.717) is 32.8 Å². The smallest absolute Gasteiger partial charge is 0.255 e. The van der Waals surface area contributed by atoms with Crippen molar-refractivity contribution in [2.75, 3.05) is 26.3 Å². The molecule has 0 saturated carbocycles. The molecule has 0 aliphatic carbocycles. The van der Waals surface area contributed by atoms with Crippen LogP contribution in [-0.4, -0.2) is 47.7 Å². The second kappa shape index (κ2) is 6.03. The van der Waals surface area contributed by atoms with Crippen LogP contribution in [0.2, 0.25) is 0 Å². The third-order valence-electron chi connectivity index (χ3n) is 4.91. The molecular formula is C18H21N3O3. The molecular weight excluding hydrogens is 306 g/mol. The number of nitrogens with zero attached hydrogens (tertiary/aromatic N) is 2. The van der Waals surface area contributed by atoms with Gasteiger partial charge >= 0.3 is 0 Å². The number of para-hydroxylation sites is 1. The van der Waals surface area contributed by atoms with Gasteiger partial charge in [-0.2, -0.15) is 0 Å². The van der Waals surface area contributed by atoms with Crippen LogP contribution in [0.4, 0.5) is 0 Å². The summed E-state index contributed by atoms with van der Waals surface area (Å²) in [5, 5.41) is 4.08. The van der Waals surface area contributed by atoms with Gasteiger partial charge in [0.25, 0.3) is 5.56 Å². The molecule has 6 nitrogen and oxygen atoms in total. The molecule has 2 fully saturated rings. The van der Waals surface area contributed by atoms with Crippen LogP contribution in [0.25, 0.3) is 10.9 Å². The summed E-state index contributed by atoms with van der Waals surface area (Å²) < 4.78 is 7.26. The summed E-state index contributed by atoms with van der Waals surface area (Å²) in [6.07, 6.45) is 0. The molecule has 0 radical (unpaired) electrons. The lowest BCUT2D eigenvalue weighted by atomic mass is 10.1. The number of aryl methyl sites for hydroxylation is 1. The molecule has 1 N–H and O–H groups in total. The average Bonchev–Trinajstić information content (AvgIpc) is 2.81. The molecule has 0 unspecified atom stereocenters. The van der Waals surface area contributed by atoms with Crippen LogP contribution in [0.1, 0.15) is 5.56 Å². The highest BCUT2D eigenvalue weighted by Gasteiger charge is 2.33. The Morgan fingerprint density at radius 1 is 1.21 bits per heavy atom. The molecule has 2 aliphatic rings. The normalized spacial score (nSPS) is 24.6. The van der Waals surface area contributed by atoms with Gasteiger partial charge in [0.1, 0.15) is 0 Å². The molecule has 24 heavy (non-hydrogen) atoms. The molecule has 2 bridgehead atoms. The van der Waals surface area contributed by atoms with Gasteiger partial charge < -0.3 is 14.6 Å². The summed E-state index contributed by atoms with van der Waals surface area (Å²) in [6, 6.07) is 9.87. The lowest BCUT2D eigenvalue weighted by Gasteiger charge is -2.27. The quantitative estimate of drug-likeness (QED) is 0.872. The van der Waals surface area contributed by atoms with E-state index in [-0.39, 0.29) is 23.4 Å². The maximum Gasteiger partial charge on any atom is 0.255 e. The highest BCUT2D eigenvalue weighted by Crippen LogP contribution is 2.17. The van der Waals surface area contributed by atoms with Crippen molar-refractivity contribution in [3.63, 3.8) is 0 Å². The van der Waals surface area contributed by atoms with Gasteiger partial charge in [-0.1, -0.05) is 18.2 Å². The van der Waals surface area contributed by atoms with Gasteiger partial charge in [0.2, 0.25) is 5.91 Å². The minimum absolute atomic E-state index is 0.00527. The number of pyridine rings is 1. The summed E-state index contributed by atoms with van der Waals surface area (Å²) in [5.74, 6) is -0.103. The summed E-state index contributed by atoms with van der Waals surface area (Å²) in [7, 11) is 1.81. The third-order valence-corrected chi connectivity index (χ3v) is 4.91. The fourth-order valence-corrected chi connectivity index (χ4v) is 3.69. The van der Waals surface area contributed by atoms with Crippen molar-refractivity contribution < 1.29 is 9.53 Å². The Morgan fingerprint density at radius 3 is 2.92 bits per heavy atom. The number of carbonyl (C=O) groups is 1. The number of carbonyl (C=O) groups excluding carboxylic acids is 1. The van der Waals surface area contributed by atoms with E-state index in [1.54, 1.807) is 4.57 Å². The van der Waals surface area contributed by atoms with Crippen LogP contribution in [0.15, 0.2) is 35.1 Å². The number of rotatable bonds is 2. The van der Waals surface area contributed by atoms with Crippen LogP contribution in [0, 0.1) is 5.92 Å². The maximum absolute atomic E-state index is 12.7. The van der Waals surface area contributed by atoms with Crippen LogP contribution < -0.4 is 10.9 Å². The lowest BCUT2D eigenvalue weighted by molar-refractivity contribution is -0.125. The van der Waals surface area contributed by atoms with E-state index >= 15 is 0 Å². The maximum atomic E-state index is 12.7. The highest BCUT2D eigenvalue weighted by molar-refractivity contribution is 5.80. The third kappa shape index (κ3) is 2.72. The zero-order valence-corrected chi connectivity index (χ0v) is 13.7. The molecule has 2 atom stereocenters. The zero-order chi connectivity index (χ0) is 16.7. The Bertz CT molecular complexity index is 845. The van der Waals surface area contributed by atoms with Crippen LogP contribution in [-0.2, 0) is 23.1 Å². The highest BCUT2D eigenvalue weighted by atomic mass is 16.5. The largest absolute Gasteiger partial charge is 0.378 e. The Labute approximate surface area is 140 Å². The summed E-state index contributed by atoms with van der Waals surface area (Å²) in [6.45, 7) is 2.87. The zero-order valence-electron chi connectivity index (χ0n) is 13.7. The second-order valence-corrected chi connectivity index (χ2v) is 6.73. The summed E-state index contributed by atoms with van der Waals surface area (Å²) in [5.41, 5.74) is 1.73. The van der Waals surface area contributed by atoms with Crippen molar-refractivity contribution >= 4 is 16.8 Å². The van der Waals surface area contributed by atoms with Gasteiger partial charge in [0.15, 0.2) is 0 Å². The lowest BCUT2D eigenvalue weighted by Crippen LogP contribution is -2.42. The van der Waals surface area contributed by atoms with E-state index in [9.17, 15) is 9.59 Å². The van der Waals surface area contributed by atoms with Crippen molar-refractivity contribution in [3.8, 4) is 0 Å². The number of hydrogen-bond acceptors (Lipinski definition) is 4. The van der Waals surface area contributed by atoms with E-state index in [1.165, 1.54) is 0 Å². The van der Waals surface area contributed by atoms with Crippen LogP contribution >= 0.6 is 0 Å². The predicted molar refractivity (Wildman–Crippen MR) is 90.7 cm³/mol. The van der Waals surface area contributed by atoms with Crippen molar-refractivity contribution in [2.45, 2.75) is 12.6 Å². The molecule has 1 amide bonds. The van der Waals surface area contributed by atoms with Gasteiger partial charge in [0.05, 0.1) is 30.7 Å². The molecule has 3 heterocycles. The standard InChI is InChI=1S/C18H21N3O3/c1-20-16-5-3-2-4-12(16)6-13(18(20)23)7-21-8-14-10-24-11-15(9-21)19-17(14)22/h2-6,14-15H,7-11H2,1H3,(H,19,22)/t14-,15+/m1/s1. The first-order valence-corrected chi connectivity index (χ1v) is 8.30. The number of hydrogen-bond donors (Lipinski definition) is 1. The molecule has 4 rings (SSSR count). The number of benzene rings is 1. The molecule has 6 heteroatoms. The Balaban J connectivity index is 1.66. The molecule has 2 aliphatic heterocycles. The minimum atomic E-state index is -0.165. The van der Waals surface area contributed by atoms with Crippen molar-refractivity contribution in [1.29, 1.82) is 0 Å². The summed E-state index contributed by atoms with van der Waals surface area (Å²) >= 11 is 0. The van der Waals surface area contributed by atoms with Crippen molar-refractivity contribution in [3.05, 3.63) is 46.2 Å². The summed E-state index contributed by atoms with van der Waals surface area (Å²) in [4.78, 5) is 27.0. The van der Waals surface area contributed by atoms with Gasteiger partial charge in [0, 0.05) is 32.2 Å². The molecule has 1 aromatic heterocycles. The molecule has 0 spiro atoms. The van der Waals surface area contributed by atoms with Gasteiger partial charge in [-0.25, -0.2) is 0 Å². The van der Waals surface area contributed by atoms with E-state index in [0.717, 1.165) is 16.5 Å². The fraction of sp³-hybridized carbons (Fsp3) is 0.444. The fourth-order valence-electron chi connectivity index (χ4n) is 3.69. The number of fused-ring (bicyclic) bond motifs is 4. The topological polar surface area (TPSA) is 63.6 Å². The number of ether oxygens (including phenoxy) is 1. The second-order valence-electron chi connectivity index (χ2n) is 6.73. The average molecular weight is 327 g/mol. The molecule has 2 saturated heterocycles. The van der Waals surface area contributed by atoms with Crippen LogP contribution in [0.5, 0.6) is 0 Å². The molecule has 1 aromatic carbocycles. The van der Waals surface area contributed by atoms with Gasteiger partial charge in [-0.3, -0.25) is 14.5 Å². The SMILES string of the molecule is Cn1c(=O)c(CN2C[C@H]3COC[C@@H](C2)C(=O)N3)cc2ccccc21. The monoisotopic (exact) mass is 327 g/mol. The first-order chi connectivity index (χ1) is 11.6. The number of nitrogens with one attached hydrogen (secondary N) is 1. The first kappa shape index (κ1) is 15.4. The number of aromatic nitrogens is 1. The Hall–Kier alpha value is -2.18. The van der Waals surface area contributed by atoms with E-state index in [4.69, 9.17) is 4.74 Å². The minimum Gasteiger partial charge on any atom is -0.378 e. The van der Waals surface area contributed by atoms with Crippen molar-refractivity contribution in [1.82, 2.24) is 14.8 Å². The van der Waals surface area contributed by atoms with Crippen LogP contribution in [0.3, 0.4) is 0 Å². The van der Waals surface area contributed by atoms with Gasteiger partial charge in [-0.05, 0) is 17.5 Å².